The molecule has 0 spiro atoms. The first-order chi connectivity index (χ1) is 5.97. The van der Waals surface area contributed by atoms with E-state index in [0.717, 1.165) is 18.8 Å². The van der Waals surface area contributed by atoms with Crippen LogP contribution in [0.3, 0.4) is 0 Å². The number of fused-ring (bicyclic) bond motifs is 1. The fourth-order valence-electron chi connectivity index (χ4n) is 1.30. The van der Waals surface area contributed by atoms with Gasteiger partial charge in [-0.2, -0.15) is 0 Å². The van der Waals surface area contributed by atoms with Crippen molar-refractivity contribution in [2.75, 3.05) is 6.61 Å². The Morgan fingerprint density at radius 1 is 1.15 bits per heavy atom. The first-order valence-electron chi connectivity index (χ1n) is 4.67. The van der Waals surface area contributed by atoms with Crippen LogP contribution in [-0.4, -0.2) is 12.1 Å². The average molecular weight is 182 g/mol. The van der Waals surface area contributed by atoms with Crippen LogP contribution in [0, 0.1) is 0 Å². The molecule has 0 amide bonds. The largest absolute Gasteiger partial charge is 0.493 e. The van der Waals surface area contributed by atoms with Crippen LogP contribution in [0.15, 0.2) is 24.3 Å². The van der Waals surface area contributed by atoms with Crippen molar-refractivity contribution in [1.82, 2.24) is 0 Å². The van der Waals surface area contributed by atoms with E-state index in [4.69, 9.17) is 4.74 Å². The summed E-state index contributed by atoms with van der Waals surface area (Å²) < 4.78 is 5.42. The van der Waals surface area contributed by atoms with E-state index in [-0.39, 0.29) is 5.48 Å². The lowest BCUT2D eigenvalue weighted by Crippen LogP contribution is -2.07. The van der Waals surface area contributed by atoms with Gasteiger partial charge in [0.05, 0.1) is 6.61 Å². The zero-order chi connectivity index (χ0) is 8.81. The van der Waals surface area contributed by atoms with Gasteiger partial charge in [-0.1, -0.05) is 32.0 Å². The lowest BCUT2D eigenvalue weighted by atomic mass is 10.1. The van der Waals surface area contributed by atoms with Crippen molar-refractivity contribution in [1.29, 1.82) is 0 Å². The highest BCUT2D eigenvalue weighted by Crippen LogP contribution is 2.22. The molecule has 0 aromatic heterocycles. The van der Waals surface area contributed by atoms with Gasteiger partial charge in [0.2, 0.25) is 0 Å². The highest BCUT2D eigenvalue weighted by molar-refractivity contribution is 5.34. The second-order valence-electron chi connectivity index (χ2n) is 2.56. The molecule has 0 saturated heterocycles. The summed E-state index contributed by atoms with van der Waals surface area (Å²) in [5.41, 5.74) is 1.36. The van der Waals surface area contributed by atoms with Gasteiger partial charge in [0, 0.05) is 0 Å². The van der Waals surface area contributed by atoms with E-state index in [1.807, 2.05) is 26.0 Å². The third-order valence-corrected chi connectivity index (χ3v) is 1.82. The molecule has 13 heavy (non-hydrogen) atoms. The maximum atomic E-state index is 5.42. The van der Waals surface area contributed by atoms with Crippen LogP contribution in [0.4, 0.5) is 0 Å². The van der Waals surface area contributed by atoms with E-state index < -0.39 is 0 Å². The molecular weight excluding hydrogens is 164 g/mol. The van der Waals surface area contributed by atoms with Gasteiger partial charge >= 0.3 is 0 Å². The van der Waals surface area contributed by atoms with Crippen molar-refractivity contribution in [3.05, 3.63) is 29.8 Å². The Balaban J connectivity index is 0.000000451. The van der Waals surface area contributed by atoms with Crippen LogP contribution in [0.1, 0.15) is 25.8 Å². The van der Waals surface area contributed by atoms with E-state index in [1.54, 1.807) is 0 Å². The fraction of sp³-hybridized carbons (Fsp3) is 0.455. The molecule has 0 unspecified atom stereocenters. The van der Waals surface area contributed by atoms with Gasteiger partial charge in [-0.3, -0.25) is 0 Å². The number of benzene rings is 1. The van der Waals surface area contributed by atoms with Crippen molar-refractivity contribution in [3.63, 3.8) is 0 Å². The van der Waals surface area contributed by atoms with Crippen LogP contribution in [-0.2, 0) is 6.42 Å². The van der Waals surface area contributed by atoms with Gasteiger partial charge in [0.25, 0.3) is 0 Å². The second kappa shape index (κ2) is 6.49. The summed E-state index contributed by atoms with van der Waals surface area (Å²) in [5.74, 6) is 1.08. The minimum absolute atomic E-state index is 0. The lowest BCUT2D eigenvalue weighted by Gasteiger charge is -2.15. The monoisotopic (exact) mass is 182 g/mol. The summed E-state index contributed by atoms with van der Waals surface area (Å²) in [6.07, 6.45) is 2.34. The number of aryl methyl sites for hydroxylation is 1. The molecule has 0 fully saturated rings. The molecule has 0 radical (unpaired) electrons. The summed E-state index contributed by atoms with van der Waals surface area (Å²) >= 11 is 0. The first-order valence-corrected chi connectivity index (χ1v) is 4.67. The number of para-hydroxylation sites is 1. The molecule has 0 aliphatic carbocycles. The Kier molecular flexibility index (Phi) is 5.98. The van der Waals surface area contributed by atoms with Gasteiger partial charge in [-0.25, -0.2) is 0 Å². The zero-order valence-electron chi connectivity index (χ0n) is 8.34. The molecule has 1 aromatic carbocycles. The molecule has 1 aromatic rings. The highest BCUT2D eigenvalue weighted by Gasteiger charge is 2.06. The Hall–Kier alpha value is -1.02. The molecule has 1 heterocycles. The third kappa shape index (κ3) is 3.07. The number of hydrogen-bond acceptors (Lipinski definition) is 1. The van der Waals surface area contributed by atoms with Gasteiger partial charge < -0.3 is 10.2 Å². The van der Waals surface area contributed by atoms with Gasteiger partial charge in [0.15, 0.2) is 0 Å². The van der Waals surface area contributed by atoms with E-state index in [9.17, 15) is 0 Å². The van der Waals surface area contributed by atoms with Crippen molar-refractivity contribution < 1.29 is 10.2 Å². The normalized spacial score (nSPS) is 12.5. The standard InChI is InChI=1S/C9H10O.C2H6.H2O/c1-2-6-9-8(4-1)5-3-7-10-9;1-2;/h1-2,4,6H,3,5,7H2;1-2H3;1H2. The zero-order valence-corrected chi connectivity index (χ0v) is 8.34. The van der Waals surface area contributed by atoms with E-state index in [2.05, 4.69) is 12.1 Å². The number of hydrogen-bond donors (Lipinski definition) is 0. The first kappa shape index (κ1) is 12.0. The van der Waals surface area contributed by atoms with Gasteiger partial charge in [-0.05, 0) is 24.5 Å². The quantitative estimate of drug-likeness (QED) is 0.606. The van der Waals surface area contributed by atoms with Crippen LogP contribution in [0.25, 0.3) is 0 Å². The SMILES string of the molecule is CC.O.c1ccc2c(c1)CCCO2. The minimum Gasteiger partial charge on any atom is -0.493 e. The second-order valence-corrected chi connectivity index (χ2v) is 2.56. The van der Waals surface area contributed by atoms with Crippen molar-refractivity contribution in [2.45, 2.75) is 26.7 Å². The van der Waals surface area contributed by atoms with Crippen molar-refractivity contribution in [2.24, 2.45) is 0 Å². The minimum atomic E-state index is 0. The van der Waals surface area contributed by atoms with Gasteiger partial charge in [0.1, 0.15) is 5.75 Å². The average Bonchev–Trinajstić information content (AvgIpc) is 2.21. The van der Waals surface area contributed by atoms with Crippen molar-refractivity contribution >= 4 is 0 Å². The van der Waals surface area contributed by atoms with E-state index in [1.165, 1.54) is 12.0 Å². The van der Waals surface area contributed by atoms with E-state index in [0.29, 0.717) is 0 Å². The molecule has 0 saturated carbocycles. The topological polar surface area (TPSA) is 40.7 Å². The van der Waals surface area contributed by atoms with Crippen LogP contribution in [0.5, 0.6) is 5.75 Å². The maximum absolute atomic E-state index is 5.42. The Bertz CT molecular complexity index is 208. The van der Waals surface area contributed by atoms with Crippen LogP contribution in [0.2, 0.25) is 0 Å². The molecule has 2 N–H and O–H groups in total. The molecule has 1 aliphatic heterocycles. The number of rotatable bonds is 0. The van der Waals surface area contributed by atoms with E-state index >= 15 is 0 Å². The van der Waals surface area contributed by atoms with Crippen LogP contribution >= 0.6 is 0 Å². The molecule has 1 aliphatic rings. The molecule has 0 bridgehead atoms. The predicted molar refractivity (Wildman–Crippen MR) is 55.2 cm³/mol. The molecule has 2 heteroatoms. The third-order valence-electron chi connectivity index (χ3n) is 1.82. The summed E-state index contributed by atoms with van der Waals surface area (Å²) in [7, 11) is 0. The lowest BCUT2D eigenvalue weighted by molar-refractivity contribution is 0.288. The predicted octanol–water partition coefficient (Wildman–Crippen LogP) is 2.21. The molecule has 0 atom stereocenters. The van der Waals surface area contributed by atoms with Crippen LogP contribution < -0.4 is 4.74 Å². The Morgan fingerprint density at radius 3 is 2.54 bits per heavy atom. The summed E-state index contributed by atoms with van der Waals surface area (Å²) in [5, 5.41) is 0. The Morgan fingerprint density at radius 2 is 1.85 bits per heavy atom. The summed E-state index contributed by atoms with van der Waals surface area (Å²) in [6.45, 7) is 4.89. The van der Waals surface area contributed by atoms with Gasteiger partial charge in [-0.15, -0.1) is 0 Å². The summed E-state index contributed by atoms with van der Waals surface area (Å²) in [6, 6.07) is 8.25. The smallest absolute Gasteiger partial charge is 0.122 e. The number of ether oxygens (including phenoxy) is 1. The molecule has 2 rings (SSSR count). The maximum Gasteiger partial charge on any atom is 0.122 e. The Labute approximate surface area is 79.9 Å². The summed E-state index contributed by atoms with van der Waals surface area (Å²) in [4.78, 5) is 0. The molecular formula is C11H18O2. The van der Waals surface area contributed by atoms with Crippen molar-refractivity contribution in [3.8, 4) is 5.75 Å². The molecule has 2 nitrogen and oxygen atoms in total. The highest BCUT2D eigenvalue weighted by atomic mass is 16.5. The fourth-order valence-corrected chi connectivity index (χ4v) is 1.30. The molecule has 74 valence electrons.